The second kappa shape index (κ2) is 19.1. The van der Waals surface area contributed by atoms with Crippen LogP contribution in [0.5, 0.6) is 11.5 Å². The van der Waals surface area contributed by atoms with Gasteiger partial charge in [-0.05, 0) is 67.7 Å². The zero-order valence-corrected chi connectivity index (χ0v) is 42.2. The minimum absolute atomic E-state index is 0.0179. The van der Waals surface area contributed by atoms with Crippen LogP contribution in [0.4, 0.5) is 9.93 Å². The highest BCUT2D eigenvalue weighted by Crippen LogP contribution is 2.46. The van der Waals surface area contributed by atoms with Gasteiger partial charge in [-0.25, -0.2) is 32.3 Å². The minimum Gasteiger partial charge on any atom is -0.497 e. The lowest BCUT2D eigenvalue weighted by Gasteiger charge is -2.42. The topological polar surface area (TPSA) is 239 Å². The van der Waals surface area contributed by atoms with E-state index in [4.69, 9.17) is 19.4 Å². The number of hydrogen-bond acceptors (Lipinski definition) is 13. The molecule has 6 atom stereocenters. The molecule has 5 N–H and O–H groups in total. The van der Waals surface area contributed by atoms with Crippen molar-refractivity contribution in [2.75, 3.05) is 19.0 Å². The van der Waals surface area contributed by atoms with E-state index in [0.29, 0.717) is 57.3 Å². The molecule has 1 saturated heterocycles. The van der Waals surface area contributed by atoms with Crippen LogP contribution in [0.2, 0.25) is 0 Å². The highest BCUT2D eigenvalue weighted by Gasteiger charge is 2.61. The minimum atomic E-state index is -4.21. The van der Waals surface area contributed by atoms with Gasteiger partial charge in [-0.1, -0.05) is 71.2 Å². The van der Waals surface area contributed by atoms with E-state index >= 15 is 4.79 Å². The number of anilines is 1. The van der Waals surface area contributed by atoms with E-state index in [1.165, 1.54) is 28.4 Å². The summed E-state index contributed by atoms with van der Waals surface area (Å²) in [5, 5.41) is 25.3. The number of ether oxygens (including phenoxy) is 2. The van der Waals surface area contributed by atoms with Crippen molar-refractivity contribution >= 4 is 67.1 Å². The SMILES string of the molecule is C=C[C@H]1C[C@]1(NC(=O)[C@@H]1C[C@@H](Oc2cc(-c3csc(NC(C)C)n3)nc3cc(OC)ccc23)CN1C(=O)[C@@H](NC(=O)NC(C(=O)N1Cc2ccccc2S1(=O)=O)C(C)(C)C)C1(C)CCCCC1)C(=O)O. The fourth-order valence-corrected chi connectivity index (χ4v) is 12.4. The average molecular weight is 999 g/mol. The van der Waals surface area contributed by atoms with E-state index < -0.39 is 86.3 Å². The number of urea groups is 1. The Morgan fingerprint density at radius 3 is 2.36 bits per heavy atom. The molecule has 2 aromatic heterocycles. The molecule has 3 fully saturated rings. The summed E-state index contributed by atoms with van der Waals surface area (Å²) in [5.74, 6) is -2.93. The van der Waals surface area contributed by atoms with Gasteiger partial charge in [-0.2, -0.15) is 0 Å². The smallest absolute Gasteiger partial charge is 0.330 e. The van der Waals surface area contributed by atoms with Crippen molar-refractivity contribution in [3.8, 4) is 22.9 Å². The summed E-state index contributed by atoms with van der Waals surface area (Å²) in [6.07, 6.45) is 4.28. The fraction of sp³-hybridized carbons (Fsp3) is 0.500. The molecule has 2 saturated carbocycles. The molecule has 2 aliphatic heterocycles. The molecule has 2 aromatic carbocycles. The first-order valence-electron chi connectivity index (χ1n) is 23.7. The van der Waals surface area contributed by atoms with E-state index in [2.05, 4.69) is 27.8 Å². The quantitative estimate of drug-likeness (QED) is 0.0805. The molecule has 0 radical (unpaired) electrons. The number of amides is 5. The second-order valence-corrected chi connectivity index (χ2v) is 23.2. The number of aromatic nitrogens is 2. The number of carboxylic acid groups (broad SMARTS) is 1. The van der Waals surface area contributed by atoms with Gasteiger partial charge in [0.15, 0.2) is 5.13 Å². The molecule has 20 heteroatoms. The molecule has 8 rings (SSSR count). The Morgan fingerprint density at radius 2 is 1.71 bits per heavy atom. The molecule has 2 aliphatic carbocycles. The summed E-state index contributed by atoms with van der Waals surface area (Å²) in [5.41, 5.74) is -1.31. The number of likely N-dealkylation sites (tertiary alicyclic amines) is 1. The van der Waals surface area contributed by atoms with Gasteiger partial charge >= 0.3 is 12.0 Å². The highest BCUT2D eigenvalue weighted by molar-refractivity contribution is 7.90. The van der Waals surface area contributed by atoms with E-state index in [9.17, 15) is 32.7 Å². The molecular weight excluding hydrogens is 937 g/mol. The number of carbonyl (C=O) groups excluding carboxylic acids is 4. The van der Waals surface area contributed by atoms with Crippen LogP contribution in [-0.2, 0) is 35.7 Å². The third kappa shape index (κ3) is 9.76. The lowest BCUT2D eigenvalue weighted by Crippen LogP contribution is -2.63. The number of fused-ring (bicyclic) bond motifs is 2. The Morgan fingerprint density at radius 1 is 0.986 bits per heavy atom. The predicted octanol–water partition coefficient (Wildman–Crippen LogP) is 6.47. The molecule has 4 aliphatic rings. The number of aliphatic carboxylic acids is 1. The van der Waals surface area contributed by atoms with Gasteiger partial charge in [0.2, 0.25) is 11.8 Å². The third-order valence-electron chi connectivity index (χ3n) is 14.0. The third-order valence-corrected chi connectivity index (χ3v) is 16.6. The van der Waals surface area contributed by atoms with E-state index in [0.717, 1.165) is 23.6 Å². The molecule has 70 heavy (non-hydrogen) atoms. The fourth-order valence-electron chi connectivity index (χ4n) is 10.00. The Balaban J connectivity index is 1.12. The number of carbonyl (C=O) groups is 5. The van der Waals surface area contributed by atoms with Crippen LogP contribution in [0.1, 0.15) is 92.1 Å². The maximum absolute atomic E-state index is 15.5. The number of pyridine rings is 1. The van der Waals surface area contributed by atoms with Crippen LogP contribution in [0, 0.1) is 16.7 Å². The van der Waals surface area contributed by atoms with Crippen LogP contribution < -0.4 is 30.7 Å². The molecule has 18 nitrogen and oxygen atoms in total. The number of thiazole rings is 1. The van der Waals surface area contributed by atoms with Crippen molar-refractivity contribution in [2.45, 2.75) is 134 Å². The van der Waals surface area contributed by atoms with Crippen molar-refractivity contribution in [3.05, 3.63) is 72.1 Å². The van der Waals surface area contributed by atoms with E-state index in [1.54, 1.807) is 64.3 Å². The Bertz CT molecular complexity index is 2840. The molecule has 5 amide bonds. The van der Waals surface area contributed by atoms with Crippen LogP contribution >= 0.6 is 11.3 Å². The van der Waals surface area contributed by atoms with Gasteiger partial charge in [-0.15, -0.1) is 17.9 Å². The van der Waals surface area contributed by atoms with Crippen molar-refractivity contribution in [1.82, 2.24) is 35.1 Å². The van der Waals surface area contributed by atoms with E-state index in [-0.39, 0.29) is 36.9 Å². The summed E-state index contributed by atoms with van der Waals surface area (Å²) in [6, 6.07) is 8.90. The zero-order chi connectivity index (χ0) is 50.5. The van der Waals surface area contributed by atoms with Crippen molar-refractivity contribution in [1.29, 1.82) is 0 Å². The number of nitrogens with zero attached hydrogens (tertiary/aromatic N) is 4. The normalized spacial score (nSPS) is 23.2. The monoisotopic (exact) mass is 998 g/mol. The lowest BCUT2D eigenvalue weighted by atomic mass is 9.70. The highest BCUT2D eigenvalue weighted by atomic mass is 32.2. The van der Waals surface area contributed by atoms with Crippen molar-refractivity contribution < 1.29 is 47.0 Å². The molecular formula is C50H62N8O10S2. The van der Waals surface area contributed by atoms with Gasteiger partial charge in [0.25, 0.3) is 15.9 Å². The first-order valence-corrected chi connectivity index (χ1v) is 26.0. The summed E-state index contributed by atoms with van der Waals surface area (Å²) < 4.78 is 40.4. The standard InChI is InChI=1S/C50H62N8O10S2/c1-9-30-24-50(30,45(62)63)56-42(59)37-22-32(68-38-23-35(36-27-69-47(53-36)51-28(2)3)52-34-21-31(67-8)17-18-33(34)38)26-57(37)43(60)41(49(7)19-13-10-14-20-49)55-46(64)54-40(48(4,5)6)44(61)58-25-29-15-11-12-16-39(29)70(58,65)66/h9,11-12,15-18,21,23,27-28,30,32,37,40-41H,1,10,13-14,19-20,22,24-26H2,2-8H3,(H,51,53)(H,56,59)(H,62,63)(H2,54,55,64)/t30-,32+,37-,40?,41+,50+/m0/s1. The van der Waals surface area contributed by atoms with Crippen LogP contribution in [0.3, 0.4) is 0 Å². The Hall–Kier alpha value is -6.28. The van der Waals surface area contributed by atoms with Crippen LogP contribution in [-0.4, -0.2) is 112 Å². The van der Waals surface area contributed by atoms with Crippen LogP contribution in [0.25, 0.3) is 22.3 Å². The average Bonchev–Trinajstić information content (AvgIpc) is 3.53. The van der Waals surface area contributed by atoms with Gasteiger partial charge < -0.3 is 40.7 Å². The van der Waals surface area contributed by atoms with Crippen molar-refractivity contribution in [2.24, 2.45) is 16.7 Å². The molecule has 0 bridgehead atoms. The summed E-state index contributed by atoms with van der Waals surface area (Å²) >= 11 is 1.43. The molecule has 1 unspecified atom stereocenters. The number of sulfonamides is 1. The number of hydrogen-bond donors (Lipinski definition) is 5. The summed E-state index contributed by atoms with van der Waals surface area (Å²) in [7, 11) is -2.66. The Kier molecular flexibility index (Phi) is 13.7. The van der Waals surface area contributed by atoms with Crippen molar-refractivity contribution in [3.63, 3.8) is 0 Å². The molecule has 4 aromatic rings. The molecule has 0 spiro atoms. The summed E-state index contributed by atoms with van der Waals surface area (Å²) in [6.45, 7) is 14.5. The van der Waals surface area contributed by atoms with Gasteiger partial charge in [-0.3, -0.25) is 14.4 Å². The number of nitrogens with one attached hydrogen (secondary N) is 4. The first kappa shape index (κ1) is 50.1. The van der Waals surface area contributed by atoms with Crippen LogP contribution in [0.15, 0.2) is 71.5 Å². The lowest BCUT2D eigenvalue weighted by molar-refractivity contribution is -0.146. The van der Waals surface area contributed by atoms with Gasteiger partial charge in [0, 0.05) is 41.3 Å². The number of carboxylic acids is 1. The van der Waals surface area contributed by atoms with Gasteiger partial charge in [0.1, 0.15) is 47.0 Å². The first-order chi connectivity index (χ1) is 33.1. The van der Waals surface area contributed by atoms with E-state index in [1.807, 2.05) is 32.2 Å². The molecule has 4 heterocycles. The molecule has 374 valence electrons. The largest absolute Gasteiger partial charge is 0.497 e. The number of rotatable bonds is 15. The Labute approximate surface area is 412 Å². The van der Waals surface area contributed by atoms with Gasteiger partial charge in [0.05, 0.1) is 36.3 Å². The number of methoxy groups -OCH3 is 1. The predicted molar refractivity (Wildman–Crippen MR) is 264 cm³/mol. The zero-order valence-electron chi connectivity index (χ0n) is 40.5. The summed E-state index contributed by atoms with van der Waals surface area (Å²) in [4.78, 5) is 82.5. The number of benzene rings is 2. The second-order valence-electron chi connectivity index (χ2n) is 20.5. The maximum atomic E-state index is 15.5. The maximum Gasteiger partial charge on any atom is 0.330 e.